The van der Waals surface area contributed by atoms with Gasteiger partial charge in [-0.1, -0.05) is 18.2 Å². The number of anilines is 1. The molecule has 1 amide bonds. The van der Waals surface area contributed by atoms with E-state index in [0.717, 1.165) is 5.69 Å². The third kappa shape index (κ3) is 1.81. The molecule has 5 nitrogen and oxygen atoms in total. The van der Waals surface area contributed by atoms with E-state index in [-0.39, 0.29) is 23.0 Å². The second-order valence-electron chi connectivity index (χ2n) is 6.80. The van der Waals surface area contributed by atoms with Crippen LogP contribution in [0, 0.1) is 0 Å². The largest absolute Gasteiger partial charge is 0.465 e. The fraction of sp³-hybridized carbons (Fsp3) is 0.350. The Balaban J connectivity index is 2.15. The molecule has 1 aliphatic carbocycles. The van der Waals surface area contributed by atoms with Crippen molar-refractivity contribution in [1.82, 2.24) is 0 Å². The van der Waals surface area contributed by atoms with Crippen LogP contribution in [0.5, 0.6) is 0 Å². The van der Waals surface area contributed by atoms with E-state index < -0.39 is 5.41 Å². The molecule has 25 heavy (non-hydrogen) atoms. The number of allylic oxidation sites excluding steroid dienone is 2. The summed E-state index contributed by atoms with van der Waals surface area (Å²) < 4.78 is 5.87. The van der Waals surface area contributed by atoms with Crippen molar-refractivity contribution >= 4 is 23.2 Å². The number of hydrogen-bond donors (Lipinski definition) is 0. The third-order valence-corrected chi connectivity index (χ3v) is 5.39. The fourth-order valence-electron chi connectivity index (χ4n) is 4.51. The van der Waals surface area contributed by atoms with Gasteiger partial charge in [0, 0.05) is 31.1 Å². The maximum absolute atomic E-state index is 13.5. The number of carbonyl (C=O) groups is 3. The number of fused-ring (bicyclic) bond motifs is 3. The molecular weight excluding hydrogens is 318 g/mol. The zero-order valence-corrected chi connectivity index (χ0v) is 14.5. The molecule has 3 aliphatic rings. The molecule has 0 radical (unpaired) electrons. The van der Waals surface area contributed by atoms with Gasteiger partial charge in [-0.25, -0.2) is 0 Å². The van der Waals surface area contributed by atoms with Crippen LogP contribution in [0.3, 0.4) is 0 Å². The molecule has 1 aromatic rings. The highest BCUT2D eigenvalue weighted by Crippen LogP contribution is 2.56. The Morgan fingerprint density at radius 2 is 1.92 bits per heavy atom. The van der Waals surface area contributed by atoms with Crippen molar-refractivity contribution in [1.29, 1.82) is 0 Å². The molecule has 5 heteroatoms. The van der Waals surface area contributed by atoms with Crippen LogP contribution >= 0.6 is 0 Å². The average molecular weight is 337 g/mol. The number of ketones is 2. The third-order valence-electron chi connectivity index (χ3n) is 5.39. The number of Topliss-reactive ketones (excluding diaryl/α,β-unsaturated/α-hetero) is 2. The van der Waals surface area contributed by atoms with Crippen LogP contribution in [0.2, 0.25) is 0 Å². The summed E-state index contributed by atoms with van der Waals surface area (Å²) in [6, 6.07) is 7.37. The molecular formula is C20H19NO4. The van der Waals surface area contributed by atoms with Crippen LogP contribution in [0.25, 0.3) is 0 Å². The van der Waals surface area contributed by atoms with Crippen LogP contribution < -0.4 is 4.90 Å². The van der Waals surface area contributed by atoms with Crippen molar-refractivity contribution in [2.45, 2.75) is 38.5 Å². The number of nitrogens with zero attached hydrogens (tertiary/aromatic N) is 1. The zero-order chi connectivity index (χ0) is 17.9. The van der Waals surface area contributed by atoms with Crippen molar-refractivity contribution in [3.8, 4) is 0 Å². The molecule has 2 aliphatic heterocycles. The zero-order valence-electron chi connectivity index (χ0n) is 14.5. The summed E-state index contributed by atoms with van der Waals surface area (Å²) in [6.45, 7) is 3.13. The first-order valence-electron chi connectivity index (χ1n) is 8.45. The molecule has 128 valence electrons. The summed E-state index contributed by atoms with van der Waals surface area (Å²) in [4.78, 5) is 40.5. The highest BCUT2D eigenvalue weighted by atomic mass is 16.5. The minimum Gasteiger partial charge on any atom is -0.465 e. The summed E-state index contributed by atoms with van der Waals surface area (Å²) >= 11 is 0. The number of carbonyl (C=O) groups excluding carboxylic acids is 3. The Labute approximate surface area is 146 Å². The van der Waals surface area contributed by atoms with Gasteiger partial charge in [0.05, 0.1) is 11.1 Å². The van der Waals surface area contributed by atoms with Crippen molar-refractivity contribution in [2.75, 3.05) is 11.9 Å². The van der Waals surface area contributed by atoms with Gasteiger partial charge in [-0.2, -0.15) is 0 Å². The Kier molecular flexibility index (Phi) is 3.26. The van der Waals surface area contributed by atoms with E-state index in [2.05, 4.69) is 0 Å². The van der Waals surface area contributed by atoms with E-state index in [1.165, 1.54) is 6.92 Å². The quantitative estimate of drug-likeness (QED) is 0.790. The van der Waals surface area contributed by atoms with Gasteiger partial charge in [0.15, 0.2) is 11.6 Å². The first-order valence-corrected chi connectivity index (χ1v) is 8.45. The Bertz CT molecular complexity index is 908. The molecule has 0 aromatic heterocycles. The number of para-hydroxylation sites is 1. The molecule has 2 heterocycles. The monoisotopic (exact) mass is 337 g/mol. The lowest BCUT2D eigenvalue weighted by atomic mass is 9.63. The molecule has 4 rings (SSSR count). The van der Waals surface area contributed by atoms with E-state index in [1.54, 1.807) is 18.9 Å². The molecule has 0 bridgehead atoms. The summed E-state index contributed by atoms with van der Waals surface area (Å²) in [5.74, 6) is 0.340. The van der Waals surface area contributed by atoms with E-state index in [1.807, 2.05) is 24.3 Å². The summed E-state index contributed by atoms with van der Waals surface area (Å²) in [5.41, 5.74) is 0.690. The number of amides is 1. The van der Waals surface area contributed by atoms with Gasteiger partial charge < -0.3 is 9.64 Å². The Hall–Kier alpha value is -2.69. The second-order valence-corrected chi connectivity index (χ2v) is 6.80. The van der Waals surface area contributed by atoms with Gasteiger partial charge >= 0.3 is 0 Å². The van der Waals surface area contributed by atoms with Gasteiger partial charge in [-0.15, -0.1) is 0 Å². The molecule has 1 atom stereocenters. The summed E-state index contributed by atoms with van der Waals surface area (Å²) in [7, 11) is 1.69. The molecule has 0 saturated carbocycles. The molecule has 0 N–H and O–H groups in total. The van der Waals surface area contributed by atoms with Crippen molar-refractivity contribution in [2.24, 2.45) is 0 Å². The van der Waals surface area contributed by atoms with Crippen molar-refractivity contribution < 1.29 is 19.1 Å². The Morgan fingerprint density at radius 1 is 1.20 bits per heavy atom. The maximum atomic E-state index is 13.5. The van der Waals surface area contributed by atoms with E-state index in [9.17, 15) is 14.4 Å². The molecule has 0 saturated heterocycles. The molecule has 1 spiro atoms. The summed E-state index contributed by atoms with van der Waals surface area (Å²) in [5, 5.41) is 0. The molecule has 0 unspecified atom stereocenters. The maximum Gasteiger partial charge on any atom is 0.246 e. The van der Waals surface area contributed by atoms with Crippen LogP contribution in [0.1, 0.15) is 38.7 Å². The van der Waals surface area contributed by atoms with Crippen molar-refractivity contribution in [3.63, 3.8) is 0 Å². The van der Waals surface area contributed by atoms with Crippen LogP contribution in [0.15, 0.2) is 46.9 Å². The van der Waals surface area contributed by atoms with Gasteiger partial charge in [-0.05, 0) is 26.3 Å². The van der Waals surface area contributed by atoms with Gasteiger partial charge in [-0.3, -0.25) is 14.4 Å². The minimum absolute atomic E-state index is 0.106. The molecule has 0 fully saturated rings. The van der Waals surface area contributed by atoms with Crippen LogP contribution in [-0.2, 0) is 24.5 Å². The second kappa shape index (κ2) is 5.15. The Morgan fingerprint density at radius 3 is 2.64 bits per heavy atom. The van der Waals surface area contributed by atoms with Crippen LogP contribution in [-0.4, -0.2) is 24.5 Å². The van der Waals surface area contributed by atoms with Gasteiger partial charge in [0.25, 0.3) is 0 Å². The van der Waals surface area contributed by atoms with Gasteiger partial charge in [0.1, 0.15) is 16.9 Å². The van der Waals surface area contributed by atoms with E-state index in [0.29, 0.717) is 41.9 Å². The lowest BCUT2D eigenvalue weighted by molar-refractivity contribution is -0.126. The highest BCUT2D eigenvalue weighted by Gasteiger charge is 2.61. The number of benzene rings is 1. The first-order chi connectivity index (χ1) is 11.9. The van der Waals surface area contributed by atoms with E-state index in [4.69, 9.17) is 4.74 Å². The minimum atomic E-state index is -1.37. The average Bonchev–Trinajstić information content (AvgIpc) is 2.78. The predicted molar refractivity (Wildman–Crippen MR) is 91.9 cm³/mol. The fourth-order valence-corrected chi connectivity index (χ4v) is 4.51. The molecule has 1 aromatic carbocycles. The number of hydrogen-bond acceptors (Lipinski definition) is 4. The number of ether oxygens (including phenoxy) is 1. The van der Waals surface area contributed by atoms with E-state index >= 15 is 0 Å². The summed E-state index contributed by atoms with van der Waals surface area (Å²) in [6.07, 6.45) is 1.67. The van der Waals surface area contributed by atoms with Gasteiger partial charge in [0.2, 0.25) is 5.91 Å². The van der Waals surface area contributed by atoms with Crippen LogP contribution in [0.4, 0.5) is 5.69 Å². The lowest BCUT2D eigenvalue weighted by Crippen LogP contribution is -2.49. The SMILES string of the molecule is CC(=O)C1=C(C)OC2=C(C(=O)CCC2)[C@@]12C(=O)N(C)c1ccccc12. The topological polar surface area (TPSA) is 63.7 Å². The first kappa shape index (κ1) is 15.8. The van der Waals surface area contributed by atoms with Crippen molar-refractivity contribution in [3.05, 3.63) is 52.5 Å². The predicted octanol–water partition coefficient (Wildman–Crippen LogP) is 2.80. The standard InChI is InChI=1S/C20H19NO4/c1-11(22)17-12(2)25-16-10-6-9-15(23)18(16)20(17)13-7-4-5-8-14(13)21(3)19(20)24/h4-5,7-8H,6,9-10H2,1-3H3/t20-/m0/s1. The highest BCUT2D eigenvalue weighted by molar-refractivity contribution is 6.23. The normalized spacial score (nSPS) is 25.3. The smallest absolute Gasteiger partial charge is 0.246 e. The number of rotatable bonds is 1. The lowest BCUT2D eigenvalue weighted by Gasteiger charge is -2.39. The number of likely N-dealkylation sites (N-methyl/N-ethyl adjacent to an activating group) is 1.